The third-order valence-corrected chi connectivity index (χ3v) is 2.38. The van der Waals surface area contributed by atoms with Crippen molar-refractivity contribution in [3.63, 3.8) is 0 Å². The van der Waals surface area contributed by atoms with Gasteiger partial charge >= 0.3 is 0 Å². The number of nitrogens with one attached hydrogen (secondary N) is 2. The minimum absolute atomic E-state index is 0.745. The molecule has 0 aliphatic rings. The van der Waals surface area contributed by atoms with Crippen molar-refractivity contribution in [3.05, 3.63) is 23.8 Å². The van der Waals surface area contributed by atoms with Crippen molar-refractivity contribution in [2.75, 3.05) is 34.4 Å². The Morgan fingerprint density at radius 1 is 1.06 bits per heavy atom. The summed E-state index contributed by atoms with van der Waals surface area (Å²) in [5.41, 5.74) is 1.06. The molecule has 1 rings (SSSR count). The average Bonchev–Trinajstić information content (AvgIpc) is 2.34. The monoisotopic (exact) mass is 224 g/mol. The van der Waals surface area contributed by atoms with Crippen molar-refractivity contribution >= 4 is 0 Å². The Morgan fingerprint density at radius 2 is 1.69 bits per heavy atom. The SMILES string of the molecule is CNCCNCc1c(OC)cccc1OC. The molecule has 0 bridgehead atoms. The number of methoxy groups -OCH3 is 2. The molecule has 1 aromatic carbocycles. The molecular formula is C12H20N2O2. The number of likely N-dealkylation sites (N-methyl/N-ethyl adjacent to an activating group) is 1. The smallest absolute Gasteiger partial charge is 0.127 e. The van der Waals surface area contributed by atoms with Crippen molar-refractivity contribution in [1.29, 1.82) is 0 Å². The van der Waals surface area contributed by atoms with Crippen molar-refractivity contribution in [1.82, 2.24) is 10.6 Å². The largest absolute Gasteiger partial charge is 0.496 e. The number of ether oxygens (including phenoxy) is 2. The molecule has 4 heteroatoms. The molecule has 2 N–H and O–H groups in total. The summed E-state index contributed by atoms with van der Waals surface area (Å²) in [6.07, 6.45) is 0. The minimum atomic E-state index is 0.745. The second-order valence-electron chi connectivity index (χ2n) is 3.42. The van der Waals surface area contributed by atoms with Crippen molar-refractivity contribution in [2.45, 2.75) is 6.54 Å². The van der Waals surface area contributed by atoms with Crippen LogP contribution in [0, 0.1) is 0 Å². The van der Waals surface area contributed by atoms with E-state index in [4.69, 9.17) is 9.47 Å². The van der Waals surface area contributed by atoms with Gasteiger partial charge in [-0.05, 0) is 19.2 Å². The van der Waals surface area contributed by atoms with Crippen LogP contribution in [0.25, 0.3) is 0 Å². The first-order valence-electron chi connectivity index (χ1n) is 5.38. The quantitative estimate of drug-likeness (QED) is 0.678. The lowest BCUT2D eigenvalue weighted by atomic mass is 10.1. The average molecular weight is 224 g/mol. The van der Waals surface area contributed by atoms with Gasteiger partial charge in [0.05, 0.1) is 14.2 Å². The summed E-state index contributed by atoms with van der Waals surface area (Å²) in [5, 5.41) is 6.42. The van der Waals surface area contributed by atoms with E-state index < -0.39 is 0 Å². The van der Waals surface area contributed by atoms with Crippen LogP contribution in [0.2, 0.25) is 0 Å². The fourth-order valence-corrected chi connectivity index (χ4v) is 1.53. The van der Waals surface area contributed by atoms with Gasteiger partial charge in [0.25, 0.3) is 0 Å². The number of rotatable bonds is 7. The van der Waals surface area contributed by atoms with Gasteiger partial charge in [0, 0.05) is 25.2 Å². The van der Waals surface area contributed by atoms with Crippen molar-refractivity contribution < 1.29 is 9.47 Å². The second-order valence-corrected chi connectivity index (χ2v) is 3.42. The molecule has 4 nitrogen and oxygen atoms in total. The fourth-order valence-electron chi connectivity index (χ4n) is 1.53. The van der Waals surface area contributed by atoms with Gasteiger partial charge in [0.1, 0.15) is 11.5 Å². The van der Waals surface area contributed by atoms with E-state index in [0.717, 1.165) is 36.7 Å². The molecule has 90 valence electrons. The van der Waals surface area contributed by atoms with Gasteiger partial charge < -0.3 is 20.1 Å². The van der Waals surface area contributed by atoms with Gasteiger partial charge in [-0.2, -0.15) is 0 Å². The van der Waals surface area contributed by atoms with Gasteiger partial charge in [-0.25, -0.2) is 0 Å². The summed E-state index contributed by atoms with van der Waals surface area (Å²) in [7, 11) is 5.28. The van der Waals surface area contributed by atoms with E-state index in [0.29, 0.717) is 0 Å². The Kier molecular flexibility index (Phi) is 5.67. The van der Waals surface area contributed by atoms with Crippen LogP contribution in [-0.4, -0.2) is 34.4 Å². The Morgan fingerprint density at radius 3 is 2.19 bits per heavy atom. The van der Waals surface area contributed by atoms with Crippen LogP contribution in [0.4, 0.5) is 0 Å². The zero-order valence-corrected chi connectivity index (χ0v) is 10.2. The fraction of sp³-hybridized carbons (Fsp3) is 0.500. The highest BCUT2D eigenvalue weighted by Gasteiger charge is 2.08. The normalized spacial score (nSPS) is 10.2. The molecule has 0 aliphatic carbocycles. The molecule has 0 saturated carbocycles. The lowest BCUT2D eigenvalue weighted by Crippen LogP contribution is -2.24. The van der Waals surface area contributed by atoms with Gasteiger partial charge in [-0.1, -0.05) is 6.07 Å². The molecule has 0 aliphatic heterocycles. The predicted octanol–water partition coefficient (Wildman–Crippen LogP) is 1.01. The maximum Gasteiger partial charge on any atom is 0.127 e. The zero-order chi connectivity index (χ0) is 11.8. The molecule has 0 heterocycles. The summed E-state index contributed by atoms with van der Waals surface area (Å²) in [6.45, 7) is 2.60. The molecule has 0 fully saturated rings. The maximum atomic E-state index is 5.31. The van der Waals surface area contributed by atoms with Crippen LogP contribution >= 0.6 is 0 Å². The topological polar surface area (TPSA) is 42.5 Å². The van der Waals surface area contributed by atoms with Crippen LogP contribution in [0.1, 0.15) is 5.56 Å². The third kappa shape index (κ3) is 3.40. The van der Waals surface area contributed by atoms with E-state index >= 15 is 0 Å². The second kappa shape index (κ2) is 7.09. The highest BCUT2D eigenvalue weighted by atomic mass is 16.5. The maximum absolute atomic E-state index is 5.31. The van der Waals surface area contributed by atoms with Gasteiger partial charge in [-0.3, -0.25) is 0 Å². The number of hydrogen-bond acceptors (Lipinski definition) is 4. The van der Waals surface area contributed by atoms with Crippen LogP contribution in [-0.2, 0) is 6.54 Å². The minimum Gasteiger partial charge on any atom is -0.496 e. The molecule has 0 amide bonds. The van der Waals surface area contributed by atoms with E-state index in [2.05, 4.69) is 10.6 Å². The molecule has 0 unspecified atom stereocenters. The van der Waals surface area contributed by atoms with E-state index in [1.807, 2.05) is 25.2 Å². The lowest BCUT2D eigenvalue weighted by Gasteiger charge is -2.13. The van der Waals surface area contributed by atoms with Crippen LogP contribution in [0.15, 0.2) is 18.2 Å². The standard InChI is InChI=1S/C12H20N2O2/c1-13-7-8-14-9-10-11(15-2)5-4-6-12(10)16-3/h4-6,13-14H,7-9H2,1-3H3. The Bertz CT molecular complexity index is 294. The van der Waals surface area contributed by atoms with Gasteiger partial charge in [0.2, 0.25) is 0 Å². The van der Waals surface area contributed by atoms with Crippen LogP contribution in [0.3, 0.4) is 0 Å². The third-order valence-electron chi connectivity index (χ3n) is 2.38. The molecule has 16 heavy (non-hydrogen) atoms. The molecule has 0 radical (unpaired) electrons. The first-order chi connectivity index (χ1) is 7.83. The number of hydrogen-bond donors (Lipinski definition) is 2. The molecule has 0 atom stereocenters. The highest BCUT2D eigenvalue weighted by Crippen LogP contribution is 2.27. The van der Waals surface area contributed by atoms with Crippen LogP contribution in [0.5, 0.6) is 11.5 Å². The van der Waals surface area contributed by atoms with E-state index in [9.17, 15) is 0 Å². The van der Waals surface area contributed by atoms with E-state index in [1.54, 1.807) is 14.2 Å². The van der Waals surface area contributed by atoms with E-state index in [-0.39, 0.29) is 0 Å². The Labute approximate surface area is 96.9 Å². The zero-order valence-electron chi connectivity index (χ0n) is 10.2. The Hall–Kier alpha value is -1.26. The summed E-state index contributed by atoms with van der Waals surface area (Å²) < 4.78 is 10.6. The molecule has 1 aromatic rings. The Balaban J connectivity index is 2.67. The number of benzene rings is 1. The summed E-state index contributed by atoms with van der Waals surface area (Å²) in [5.74, 6) is 1.72. The molecule has 0 spiro atoms. The molecule has 0 aromatic heterocycles. The first kappa shape index (κ1) is 12.8. The summed E-state index contributed by atoms with van der Waals surface area (Å²) >= 11 is 0. The summed E-state index contributed by atoms with van der Waals surface area (Å²) in [6, 6.07) is 5.81. The highest BCUT2D eigenvalue weighted by molar-refractivity contribution is 5.44. The molecular weight excluding hydrogens is 204 g/mol. The lowest BCUT2D eigenvalue weighted by molar-refractivity contribution is 0.382. The van der Waals surface area contributed by atoms with E-state index in [1.165, 1.54) is 0 Å². The first-order valence-corrected chi connectivity index (χ1v) is 5.38. The van der Waals surface area contributed by atoms with Gasteiger partial charge in [0.15, 0.2) is 0 Å². The van der Waals surface area contributed by atoms with Crippen molar-refractivity contribution in [3.8, 4) is 11.5 Å². The molecule has 0 saturated heterocycles. The van der Waals surface area contributed by atoms with Crippen LogP contribution < -0.4 is 20.1 Å². The van der Waals surface area contributed by atoms with Crippen molar-refractivity contribution in [2.24, 2.45) is 0 Å². The predicted molar refractivity (Wildman–Crippen MR) is 65.2 cm³/mol. The summed E-state index contributed by atoms with van der Waals surface area (Å²) in [4.78, 5) is 0. The van der Waals surface area contributed by atoms with Gasteiger partial charge in [-0.15, -0.1) is 0 Å².